The minimum atomic E-state index is -2.55. The predicted molar refractivity (Wildman–Crippen MR) is 60.1 cm³/mol. The smallest absolute Gasteiger partial charge is 0.272 e. The number of ether oxygens (including phenoxy) is 2. The molecule has 0 aliphatic carbocycles. The molecule has 86 valence electrons. The summed E-state index contributed by atoms with van der Waals surface area (Å²) in [5.41, 5.74) is 0.519. The zero-order valence-corrected chi connectivity index (χ0v) is 10.1. The van der Waals surface area contributed by atoms with Crippen LogP contribution in [0.4, 0.5) is 8.78 Å². The first-order valence-corrected chi connectivity index (χ1v) is 5.13. The summed E-state index contributed by atoms with van der Waals surface area (Å²) < 4.78 is 34.5. The standard InChI is InChI=1S/C11H9BrF2O2/c1-3-7-4-5-8(15-2)11(10(7)12)16-6-9(13)14/h1,4-5,9H,6H2,2H3. The van der Waals surface area contributed by atoms with Gasteiger partial charge in [-0.05, 0) is 28.1 Å². The van der Waals surface area contributed by atoms with E-state index in [9.17, 15) is 8.78 Å². The summed E-state index contributed by atoms with van der Waals surface area (Å²) in [4.78, 5) is 0. The summed E-state index contributed by atoms with van der Waals surface area (Å²) in [7, 11) is 1.42. The van der Waals surface area contributed by atoms with Gasteiger partial charge in [0.1, 0.15) is 6.61 Å². The van der Waals surface area contributed by atoms with Crippen LogP contribution >= 0.6 is 15.9 Å². The molecular formula is C11H9BrF2O2. The molecule has 0 aliphatic heterocycles. The summed E-state index contributed by atoms with van der Waals surface area (Å²) in [5.74, 6) is 2.95. The fourth-order valence-electron chi connectivity index (χ4n) is 1.09. The second kappa shape index (κ2) is 5.71. The number of alkyl halides is 2. The molecule has 0 fully saturated rings. The molecular weight excluding hydrogens is 282 g/mol. The van der Waals surface area contributed by atoms with Gasteiger partial charge in [-0.3, -0.25) is 0 Å². The van der Waals surface area contributed by atoms with Crippen molar-refractivity contribution in [1.82, 2.24) is 0 Å². The Bertz CT molecular complexity index is 413. The summed E-state index contributed by atoms with van der Waals surface area (Å²) in [6.45, 7) is -0.705. The van der Waals surface area contributed by atoms with Crippen molar-refractivity contribution in [2.24, 2.45) is 0 Å². The van der Waals surface area contributed by atoms with Crippen LogP contribution in [-0.2, 0) is 0 Å². The molecule has 0 heterocycles. The van der Waals surface area contributed by atoms with Gasteiger partial charge in [0.25, 0.3) is 6.43 Å². The lowest BCUT2D eigenvalue weighted by atomic mass is 10.2. The van der Waals surface area contributed by atoms with E-state index in [1.54, 1.807) is 12.1 Å². The summed E-state index contributed by atoms with van der Waals surface area (Å²) >= 11 is 3.19. The Morgan fingerprint density at radius 3 is 2.69 bits per heavy atom. The van der Waals surface area contributed by atoms with Gasteiger partial charge in [0, 0.05) is 5.56 Å². The van der Waals surface area contributed by atoms with E-state index in [0.717, 1.165) is 0 Å². The highest BCUT2D eigenvalue weighted by Crippen LogP contribution is 2.37. The number of rotatable bonds is 4. The largest absolute Gasteiger partial charge is 0.493 e. The van der Waals surface area contributed by atoms with Gasteiger partial charge < -0.3 is 9.47 Å². The molecule has 0 bridgehead atoms. The molecule has 1 aromatic carbocycles. The molecule has 0 aliphatic rings. The lowest BCUT2D eigenvalue weighted by Gasteiger charge is -2.13. The lowest BCUT2D eigenvalue weighted by Crippen LogP contribution is -2.08. The highest BCUT2D eigenvalue weighted by atomic mass is 79.9. The van der Waals surface area contributed by atoms with E-state index in [4.69, 9.17) is 15.9 Å². The molecule has 0 spiro atoms. The van der Waals surface area contributed by atoms with Gasteiger partial charge in [0.2, 0.25) is 0 Å². The summed E-state index contributed by atoms with van der Waals surface area (Å²) in [6.07, 6.45) is 2.69. The van der Waals surface area contributed by atoms with Crippen molar-refractivity contribution in [2.45, 2.75) is 6.43 Å². The van der Waals surface area contributed by atoms with Crippen LogP contribution in [0.2, 0.25) is 0 Å². The van der Waals surface area contributed by atoms with E-state index in [1.165, 1.54) is 7.11 Å². The van der Waals surface area contributed by atoms with E-state index in [2.05, 4.69) is 21.9 Å². The quantitative estimate of drug-likeness (QED) is 0.794. The Kier molecular flexibility index (Phi) is 4.56. The van der Waals surface area contributed by atoms with Crippen LogP contribution in [0.1, 0.15) is 5.56 Å². The third-order valence-corrected chi connectivity index (χ3v) is 2.58. The highest BCUT2D eigenvalue weighted by molar-refractivity contribution is 9.10. The van der Waals surface area contributed by atoms with Gasteiger partial charge in [0.05, 0.1) is 11.6 Å². The van der Waals surface area contributed by atoms with Gasteiger partial charge in [0.15, 0.2) is 11.5 Å². The van der Waals surface area contributed by atoms with Crippen LogP contribution < -0.4 is 9.47 Å². The van der Waals surface area contributed by atoms with E-state index < -0.39 is 13.0 Å². The monoisotopic (exact) mass is 290 g/mol. The van der Waals surface area contributed by atoms with Crippen molar-refractivity contribution < 1.29 is 18.3 Å². The van der Waals surface area contributed by atoms with Crippen molar-refractivity contribution in [2.75, 3.05) is 13.7 Å². The van der Waals surface area contributed by atoms with E-state index in [0.29, 0.717) is 15.8 Å². The van der Waals surface area contributed by atoms with Gasteiger partial charge in [-0.25, -0.2) is 8.78 Å². The van der Waals surface area contributed by atoms with Crippen LogP contribution in [0, 0.1) is 12.3 Å². The predicted octanol–water partition coefficient (Wildman–Crippen LogP) is 3.08. The highest BCUT2D eigenvalue weighted by Gasteiger charge is 2.14. The average molecular weight is 291 g/mol. The molecule has 1 rings (SSSR count). The molecule has 0 unspecified atom stereocenters. The minimum absolute atomic E-state index is 0.193. The number of methoxy groups -OCH3 is 1. The molecule has 0 aromatic heterocycles. The van der Waals surface area contributed by atoms with E-state index in [-0.39, 0.29) is 5.75 Å². The average Bonchev–Trinajstić information content (AvgIpc) is 2.26. The van der Waals surface area contributed by atoms with Crippen molar-refractivity contribution in [1.29, 1.82) is 0 Å². The molecule has 0 saturated heterocycles. The van der Waals surface area contributed by atoms with Gasteiger partial charge in [-0.1, -0.05) is 5.92 Å². The molecule has 5 heteroatoms. The number of benzene rings is 1. The van der Waals surface area contributed by atoms with Crippen LogP contribution in [0.3, 0.4) is 0 Å². The molecule has 0 amide bonds. The second-order valence-corrected chi connectivity index (χ2v) is 3.60. The first-order valence-electron chi connectivity index (χ1n) is 4.34. The lowest BCUT2D eigenvalue weighted by molar-refractivity contribution is 0.0800. The second-order valence-electron chi connectivity index (χ2n) is 2.80. The van der Waals surface area contributed by atoms with Gasteiger partial charge >= 0.3 is 0 Å². The number of halogens is 3. The summed E-state index contributed by atoms with van der Waals surface area (Å²) in [5, 5.41) is 0. The number of hydrogen-bond donors (Lipinski definition) is 0. The Morgan fingerprint density at radius 2 is 2.19 bits per heavy atom. The van der Waals surface area contributed by atoms with Crippen molar-refractivity contribution >= 4 is 15.9 Å². The van der Waals surface area contributed by atoms with Crippen LogP contribution in [0.25, 0.3) is 0 Å². The number of terminal acetylenes is 1. The van der Waals surface area contributed by atoms with Crippen molar-refractivity contribution in [3.8, 4) is 23.8 Å². The van der Waals surface area contributed by atoms with Gasteiger partial charge in [-0.2, -0.15) is 0 Å². The van der Waals surface area contributed by atoms with Crippen LogP contribution in [0.15, 0.2) is 16.6 Å². The van der Waals surface area contributed by atoms with E-state index >= 15 is 0 Å². The van der Waals surface area contributed by atoms with E-state index in [1.807, 2.05) is 0 Å². The zero-order valence-electron chi connectivity index (χ0n) is 8.47. The Hall–Kier alpha value is -1.28. The molecule has 2 nitrogen and oxygen atoms in total. The first-order chi connectivity index (χ1) is 7.60. The fourth-order valence-corrected chi connectivity index (χ4v) is 1.65. The molecule has 0 N–H and O–H groups in total. The maximum Gasteiger partial charge on any atom is 0.272 e. The third kappa shape index (κ3) is 2.86. The van der Waals surface area contributed by atoms with Gasteiger partial charge in [-0.15, -0.1) is 6.42 Å². The molecule has 1 aromatic rings. The Labute approximate surface area is 101 Å². The topological polar surface area (TPSA) is 18.5 Å². The molecule has 0 radical (unpaired) electrons. The maximum absolute atomic E-state index is 12.0. The fraction of sp³-hybridized carbons (Fsp3) is 0.273. The maximum atomic E-state index is 12.0. The Morgan fingerprint density at radius 1 is 1.50 bits per heavy atom. The van der Waals surface area contributed by atoms with Crippen LogP contribution in [-0.4, -0.2) is 20.1 Å². The summed E-state index contributed by atoms with van der Waals surface area (Å²) in [6, 6.07) is 3.21. The number of hydrogen-bond acceptors (Lipinski definition) is 2. The van der Waals surface area contributed by atoms with Crippen molar-refractivity contribution in [3.05, 3.63) is 22.2 Å². The van der Waals surface area contributed by atoms with Crippen LogP contribution in [0.5, 0.6) is 11.5 Å². The SMILES string of the molecule is C#Cc1ccc(OC)c(OCC(F)F)c1Br. The molecule has 16 heavy (non-hydrogen) atoms. The minimum Gasteiger partial charge on any atom is -0.493 e. The normalized spacial score (nSPS) is 10.0. The molecule has 0 saturated carbocycles. The zero-order chi connectivity index (χ0) is 12.1. The molecule has 0 atom stereocenters. The third-order valence-electron chi connectivity index (χ3n) is 1.79. The first kappa shape index (κ1) is 12.8. The van der Waals surface area contributed by atoms with Crippen molar-refractivity contribution in [3.63, 3.8) is 0 Å². The Balaban J connectivity index is 3.07.